The molecular formula is C6H11NO2S. The van der Waals surface area contributed by atoms with Crippen LogP contribution in [0.2, 0.25) is 0 Å². The Kier molecular flexibility index (Phi) is 2.86. The van der Waals surface area contributed by atoms with Crippen LogP contribution in [0, 0.1) is 0 Å². The molecule has 1 amide bonds. The molecule has 58 valence electrons. The molecule has 1 aliphatic rings. The summed E-state index contributed by atoms with van der Waals surface area (Å²) in [5.41, 5.74) is 0. The topological polar surface area (TPSA) is 29.5 Å². The van der Waals surface area contributed by atoms with E-state index in [2.05, 4.69) is 0 Å². The Hall–Kier alpha value is -0.380. The van der Waals surface area contributed by atoms with E-state index in [1.807, 2.05) is 6.26 Å². The van der Waals surface area contributed by atoms with Crippen molar-refractivity contribution in [2.24, 2.45) is 0 Å². The van der Waals surface area contributed by atoms with Crippen molar-refractivity contribution in [1.29, 1.82) is 0 Å². The molecule has 1 aliphatic heterocycles. The SMILES string of the molecule is CSN1CCCCOC1=O. The Morgan fingerprint density at radius 2 is 2.40 bits per heavy atom. The van der Waals surface area contributed by atoms with Crippen molar-refractivity contribution in [2.45, 2.75) is 12.8 Å². The Bertz CT molecular complexity index is 129. The average Bonchev–Trinajstić information content (AvgIpc) is 2.13. The van der Waals surface area contributed by atoms with Crippen LogP contribution < -0.4 is 0 Å². The molecule has 0 aliphatic carbocycles. The van der Waals surface area contributed by atoms with Gasteiger partial charge in [-0.25, -0.2) is 4.79 Å². The highest BCUT2D eigenvalue weighted by Gasteiger charge is 2.16. The number of amides is 1. The zero-order valence-electron chi connectivity index (χ0n) is 6.00. The minimum atomic E-state index is -0.190. The summed E-state index contributed by atoms with van der Waals surface area (Å²) >= 11 is 1.43. The van der Waals surface area contributed by atoms with Crippen LogP contribution in [0.25, 0.3) is 0 Å². The van der Waals surface area contributed by atoms with Crippen LogP contribution in [-0.2, 0) is 4.74 Å². The maximum absolute atomic E-state index is 10.9. The van der Waals surface area contributed by atoms with Crippen LogP contribution in [0.1, 0.15) is 12.8 Å². The first kappa shape index (κ1) is 7.72. The third-order valence-electron chi connectivity index (χ3n) is 1.41. The minimum Gasteiger partial charge on any atom is -0.449 e. The molecule has 1 fully saturated rings. The van der Waals surface area contributed by atoms with Gasteiger partial charge >= 0.3 is 6.09 Å². The molecule has 0 radical (unpaired) electrons. The van der Waals surface area contributed by atoms with Crippen molar-refractivity contribution in [1.82, 2.24) is 4.31 Å². The molecule has 10 heavy (non-hydrogen) atoms. The van der Waals surface area contributed by atoms with E-state index in [0.29, 0.717) is 6.61 Å². The Morgan fingerprint density at radius 3 is 3.10 bits per heavy atom. The smallest absolute Gasteiger partial charge is 0.419 e. The van der Waals surface area contributed by atoms with Crippen molar-refractivity contribution in [2.75, 3.05) is 19.4 Å². The van der Waals surface area contributed by atoms with E-state index in [0.717, 1.165) is 19.4 Å². The van der Waals surface area contributed by atoms with E-state index in [4.69, 9.17) is 4.74 Å². The molecular weight excluding hydrogens is 150 g/mol. The number of carbonyl (C=O) groups is 1. The molecule has 0 saturated carbocycles. The van der Waals surface area contributed by atoms with E-state index < -0.39 is 0 Å². The maximum atomic E-state index is 10.9. The molecule has 0 bridgehead atoms. The summed E-state index contributed by atoms with van der Waals surface area (Å²) in [5, 5.41) is 0. The summed E-state index contributed by atoms with van der Waals surface area (Å²) in [4.78, 5) is 10.9. The van der Waals surface area contributed by atoms with Crippen molar-refractivity contribution in [3.8, 4) is 0 Å². The van der Waals surface area contributed by atoms with E-state index >= 15 is 0 Å². The van der Waals surface area contributed by atoms with E-state index in [1.165, 1.54) is 11.9 Å². The summed E-state index contributed by atoms with van der Waals surface area (Å²) in [6, 6.07) is 0. The van der Waals surface area contributed by atoms with Crippen LogP contribution in [-0.4, -0.2) is 29.8 Å². The van der Waals surface area contributed by atoms with E-state index in [-0.39, 0.29) is 6.09 Å². The lowest BCUT2D eigenvalue weighted by atomic mass is 10.3. The molecule has 0 N–H and O–H groups in total. The quantitative estimate of drug-likeness (QED) is 0.546. The van der Waals surface area contributed by atoms with Gasteiger partial charge in [0.15, 0.2) is 0 Å². The molecule has 0 atom stereocenters. The largest absolute Gasteiger partial charge is 0.449 e. The highest BCUT2D eigenvalue weighted by atomic mass is 32.2. The monoisotopic (exact) mass is 161 g/mol. The molecule has 0 aromatic heterocycles. The van der Waals surface area contributed by atoms with Gasteiger partial charge in [-0.2, -0.15) is 0 Å². The van der Waals surface area contributed by atoms with Crippen molar-refractivity contribution in [3.63, 3.8) is 0 Å². The van der Waals surface area contributed by atoms with Crippen LogP contribution in [0.15, 0.2) is 0 Å². The van der Waals surface area contributed by atoms with Crippen LogP contribution in [0.4, 0.5) is 4.79 Å². The second kappa shape index (κ2) is 3.71. The van der Waals surface area contributed by atoms with Gasteiger partial charge in [0.1, 0.15) is 0 Å². The summed E-state index contributed by atoms with van der Waals surface area (Å²) in [7, 11) is 0. The predicted octanol–water partition coefficient (Wildman–Crippen LogP) is 1.50. The van der Waals surface area contributed by atoms with Crippen LogP contribution >= 0.6 is 11.9 Å². The fraction of sp³-hybridized carbons (Fsp3) is 0.833. The number of hydrogen-bond acceptors (Lipinski definition) is 3. The fourth-order valence-corrected chi connectivity index (χ4v) is 1.36. The molecule has 1 heterocycles. The lowest BCUT2D eigenvalue weighted by Gasteiger charge is -2.13. The van der Waals surface area contributed by atoms with E-state index in [9.17, 15) is 4.79 Å². The third-order valence-corrected chi connectivity index (χ3v) is 2.18. The number of carbonyl (C=O) groups excluding carboxylic acids is 1. The Labute approximate surface area is 64.9 Å². The lowest BCUT2D eigenvalue weighted by Crippen LogP contribution is -2.22. The minimum absolute atomic E-state index is 0.190. The van der Waals surface area contributed by atoms with Gasteiger partial charge in [0, 0.05) is 12.8 Å². The maximum Gasteiger partial charge on any atom is 0.419 e. The first-order chi connectivity index (χ1) is 4.84. The summed E-state index contributed by atoms with van der Waals surface area (Å²) < 4.78 is 6.52. The molecule has 3 nitrogen and oxygen atoms in total. The van der Waals surface area contributed by atoms with Gasteiger partial charge in [0.05, 0.1) is 6.61 Å². The zero-order chi connectivity index (χ0) is 7.40. The number of nitrogens with zero attached hydrogens (tertiary/aromatic N) is 1. The first-order valence-corrected chi connectivity index (χ1v) is 4.51. The van der Waals surface area contributed by atoms with Gasteiger partial charge in [-0.15, -0.1) is 0 Å². The second-order valence-electron chi connectivity index (χ2n) is 2.11. The second-order valence-corrected chi connectivity index (χ2v) is 2.91. The predicted molar refractivity (Wildman–Crippen MR) is 40.8 cm³/mol. The van der Waals surface area contributed by atoms with Crippen molar-refractivity contribution >= 4 is 18.0 Å². The number of cyclic esters (lactones) is 1. The van der Waals surface area contributed by atoms with Gasteiger partial charge in [0.25, 0.3) is 0 Å². The Morgan fingerprint density at radius 1 is 1.60 bits per heavy atom. The van der Waals surface area contributed by atoms with Gasteiger partial charge in [-0.1, -0.05) is 0 Å². The Balaban J connectivity index is 2.43. The molecule has 0 unspecified atom stereocenters. The van der Waals surface area contributed by atoms with Crippen molar-refractivity contribution < 1.29 is 9.53 Å². The number of hydrogen-bond donors (Lipinski definition) is 0. The lowest BCUT2D eigenvalue weighted by molar-refractivity contribution is 0.138. The number of ether oxygens (including phenoxy) is 1. The summed E-state index contributed by atoms with van der Waals surface area (Å²) in [5.74, 6) is 0. The van der Waals surface area contributed by atoms with Gasteiger partial charge < -0.3 is 4.74 Å². The summed E-state index contributed by atoms with van der Waals surface area (Å²) in [6.45, 7) is 1.40. The molecule has 4 heteroatoms. The van der Waals surface area contributed by atoms with Crippen LogP contribution in [0.3, 0.4) is 0 Å². The van der Waals surface area contributed by atoms with Crippen LogP contribution in [0.5, 0.6) is 0 Å². The molecule has 1 saturated heterocycles. The molecule has 0 spiro atoms. The number of rotatable bonds is 1. The normalized spacial score (nSPS) is 20.1. The van der Waals surface area contributed by atoms with Gasteiger partial charge in [-0.3, -0.25) is 4.31 Å². The van der Waals surface area contributed by atoms with Gasteiger partial charge in [0.2, 0.25) is 0 Å². The zero-order valence-corrected chi connectivity index (χ0v) is 6.82. The molecule has 1 rings (SSSR count). The first-order valence-electron chi connectivity index (χ1n) is 3.33. The average molecular weight is 161 g/mol. The highest BCUT2D eigenvalue weighted by molar-refractivity contribution is 7.96. The third kappa shape index (κ3) is 1.80. The molecule has 0 aromatic carbocycles. The standard InChI is InChI=1S/C6H11NO2S/c1-10-7-4-2-3-5-9-6(7)8/h2-5H2,1H3. The molecule has 0 aromatic rings. The highest BCUT2D eigenvalue weighted by Crippen LogP contribution is 2.12. The summed E-state index contributed by atoms with van der Waals surface area (Å²) in [6.07, 6.45) is 3.73. The fourth-order valence-electron chi connectivity index (χ4n) is 0.846. The van der Waals surface area contributed by atoms with Crippen molar-refractivity contribution in [3.05, 3.63) is 0 Å². The van der Waals surface area contributed by atoms with Gasteiger partial charge in [-0.05, 0) is 24.8 Å². The van der Waals surface area contributed by atoms with E-state index in [1.54, 1.807) is 4.31 Å².